The van der Waals surface area contributed by atoms with Gasteiger partial charge >= 0.3 is 0 Å². The van der Waals surface area contributed by atoms with Gasteiger partial charge in [-0.1, -0.05) is 41.9 Å². The highest BCUT2D eigenvalue weighted by molar-refractivity contribution is 6.30. The first kappa shape index (κ1) is 15.3. The van der Waals surface area contributed by atoms with Gasteiger partial charge in [-0.15, -0.1) is 0 Å². The number of carbonyl (C=O) groups is 1. The molecule has 116 valence electrons. The maximum Gasteiger partial charge on any atom is 0.254 e. The lowest BCUT2D eigenvalue weighted by atomic mass is 10.1. The van der Waals surface area contributed by atoms with Crippen LogP contribution in [0.4, 0.5) is 0 Å². The first-order chi connectivity index (χ1) is 11.1. The van der Waals surface area contributed by atoms with E-state index in [0.717, 1.165) is 11.3 Å². The van der Waals surface area contributed by atoms with Gasteiger partial charge in [0.2, 0.25) is 0 Å². The van der Waals surface area contributed by atoms with Crippen molar-refractivity contribution in [3.8, 4) is 5.69 Å². The largest absolute Gasteiger partial charge is 0.345 e. The third kappa shape index (κ3) is 3.60. The summed E-state index contributed by atoms with van der Waals surface area (Å²) in [4.78, 5) is 12.3. The number of amides is 1. The number of carbonyl (C=O) groups excluding carboxylic acids is 1. The lowest BCUT2D eigenvalue weighted by Crippen LogP contribution is -2.26. The van der Waals surface area contributed by atoms with Gasteiger partial charge in [0.15, 0.2) is 0 Å². The molecule has 0 aliphatic heterocycles. The molecular weight excluding hydrogens is 310 g/mol. The molecule has 0 spiro atoms. The Labute approximate surface area is 139 Å². The smallest absolute Gasteiger partial charge is 0.254 e. The molecule has 1 aromatic heterocycles. The normalized spacial score (nSPS) is 11.9. The Hall–Kier alpha value is -2.59. The molecule has 0 saturated heterocycles. The van der Waals surface area contributed by atoms with Gasteiger partial charge in [-0.25, -0.2) is 4.68 Å². The molecule has 0 fully saturated rings. The lowest BCUT2D eigenvalue weighted by molar-refractivity contribution is 0.0940. The fourth-order valence-corrected chi connectivity index (χ4v) is 2.40. The Kier molecular flexibility index (Phi) is 4.44. The number of hydrogen-bond acceptors (Lipinski definition) is 2. The zero-order valence-corrected chi connectivity index (χ0v) is 13.4. The predicted molar refractivity (Wildman–Crippen MR) is 90.9 cm³/mol. The van der Waals surface area contributed by atoms with Crippen molar-refractivity contribution in [2.24, 2.45) is 0 Å². The molecule has 0 bridgehead atoms. The van der Waals surface area contributed by atoms with Gasteiger partial charge in [-0.3, -0.25) is 4.79 Å². The standard InChI is InChI=1S/C18H16ClN3O/c1-13(14-7-9-16(19)10-8-14)21-18(23)15-11-20-22(12-15)17-5-3-2-4-6-17/h2-13H,1H3,(H,21,23)/t13-/m0/s1. The third-order valence-corrected chi connectivity index (χ3v) is 3.84. The van der Waals surface area contributed by atoms with E-state index in [-0.39, 0.29) is 11.9 Å². The molecule has 0 unspecified atom stereocenters. The van der Waals surface area contributed by atoms with E-state index < -0.39 is 0 Å². The molecule has 0 radical (unpaired) electrons. The highest BCUT2D eigenvalue weighted by Crippen LogP contribution is 2.17. The molecule has 3 rings (SSSR count). The van der Waals surface area contributed by atoms with E-state index in [0.29, 0.717) is 10.6 Å². The fourth-order valence-electron chi connectivity index (χ4n) is 2.28. The molecule has 3 aromatic rings. The van der Waals surface area contributed by atoms with E-state index in [1.165, 1.54) is 0 Å². The highest BCUT2D eigenvalue weighted by Gasteiger charge is 2.13. The number of rotatable bonds is 4. The van der Waals surface area contributed by atoms with Gasteiger partial charge in [0.05, 0.1) is 23.5 Å². The molecule has 2 aromatic carbocycles. The minimum atomic E-state index is -0.158. The molecule has 1 N–H and O–H groups in total. The Morgan fingerprint density at radius 1 is 1.13 bits per heavy atom. The summed E-state index contributed by atoms with van der Waals surface area (Å²) in [7, 11) is 0. The van der Waals surface area contributed by atoms with Gasteiger partial charge < -0.3 is 5.32 Å². The molecule has 1 amide bonds. The maximum absolute atomic E-state index is 12.3. The van der Waals surface area contributed by atoms with Crippen LogP contribution in [0.5, 0.6) is 0 Å². The average Bonchev–Trinajstić information content (AvgIpc) is 3.06. The van der Waals surface area contributed by atoms with Crippen molar-refractivity contribution < 1.29 is 4.79 Å². The Bertz CT molecular complexity index is 797. The molecule has 0 saturated carbocycles. The number of para-hydroxylation sites is 1. The molecule has 1 atom stereocenters. The molecule has 0 aliphatic carbocycles. The quantitative estimate of drug-likeness (QED) is 0.787. The first-order valence-corrected chi connectivity index (χ1v) is 7.68. The lowest BCUT2D eigenvalue weighted by Gasteiger charge is -2.13. The van der Waals surface area contributed by atoms with Crippen molar-refractivity contribution in [2.75, 3.05) is 0 Å². The number of hydrogen-bond donors (Lipinski definition) is 1. The summed E-state index contributed by atoms with van der Waals surface area (Å²) in [5.41, 5.74) is 2.44. The van der Waals surface area contributed by atoms with Crippen LogP contribution in [0.1, 0.15) is 28.9 Å². The summed E-state index contributed by atoms with van der Waals surface area (Å²) in [6.07, 6.45) is 3.29. The highest BCUT2D eigenvalue weighted by atomic mass is 35.5. The number of nitrogens with one attached hydrogen (secondary N) is 1. The van der Waals surface area contributed by atoms with Gasteiger partial charge in [0.25, 0.3) is 5.91 Å². The van der Waals surface area contributed by atoms with Crippen molar-refractivity contribution in [1.29, 1.82) is 0 Å². The van der Waals surface area contributed by atoms with E-state index in [4.69, 9.17) is 11.6 Å². The fraction of sp³-hybridized carbons (Fsp3) is 0.111. The van der Waals surface area contributed by atoms with Crippen molar-refractivity contribution in [2.45, 2.75) is 13.0 Å². The Morgan fingerprint density at radius 2 is 1.83 bits per heavy atom. The predicted octanol–water partition coefficient (Wildman–Crippen LogP) is 4.02. The van der Waals surface area contributed by atoms with Crippen LogP contribution >= 0.6 is 11.6 Å². The van der Waals surface area contributed by atoms with Crippen LogP contribution in [0, 0.1) is 0 Å². The van der Waals surface area contributed by atoms with Crippen molar-refractivity contribution >= 4 is 17.5 Å². The van der Waals surface area contributed by atoms with Crippen LogP contribution in [0.2, 0.25) is 5.02 Å². The molecule has 23 heavy (non-hydrogen) atoms. The summed E-state index contributed by atoms with van der Waals surface area (Å²) >= 11 is 5.88. The summed E-state index contributed by atoms with van der Waals surface area (Å²) < 4.78 is 1.68. The van der Waals surface area contributed by atoms with E-state index in [1.807, 2.05) is 61.5 Å². The molecular formula is C18H16ClN3O. The second kappa shape index (κ2) is 6.67. The second-order valence-electron chi connectivity index (χ2n) is 5.26. The van der Waals surface area contributed by atoms with E-state index in [9.17, 15) is 4.79 Å². The molecule has 5 heteroatoms. The van der Waals surface area contributed by atoms with Gasteiger partial charge in [-0.05, 0) is 36.8 Å². The van der Waals surface area contributed by atoms with Crippen LogP contribution in [0.3, 0.4) is 0 Å². The summed E-state index contributed by atoms with van der Waals surface area (Å²) in [5, 5.41) is 7.88. The van der Waals surface area contributed by atoms with Crippen molar-refractivity contribution in [3.05, 3.63) is 83.1 Å². The Morgan fingerprint density at radius 3 is 2.52 bits per heavy atom. The summed E-state index contributed by atoms with van der Waals surface area (Å²) in [6, 6.07) is 17.0. The minimum Gasteiger partial charge on any atom is -0.345 e. The average molecular weight is 326 g/mol. The minimum absolute atomic E-state index is 0.111. The summed E-state index contributed by atoms with van der Waals surface area (Å²) in [5.74, 6) is -0.158. The van der Waals surface area contributed by atoms with Gasteiger partial charge in [0.1, 0.15) is 0 Å². The number of nitrogens with zero attached hydrogens (tertiary/aromatic N) is 2. The van der Waals surface area contributed by atoms with Gasteiger partial charge in [-0.2, -0.15) is 5.10 Å². The van der Waals surface area contributed by atoms with Crippen molar-refractivity contribution in [3.63, 3.8) is 0 Å². The molecule has 0 aliphatic rings. The zero-order valence-electron chi connectivity index (χ0n) is 12.6. The zero-order chi connectivity index (χ0) is 16.2. The van der Waals surface area contributed by atoms with Crippen LogP contribution < -0.4 is 5.32 Å². The maximum atomic E-state index is 12.3. The monoisotopic (exact) mass is 325 g/mol. The third-order valence-electron chi connectivity index (χ3n) is 3.58. The summed E-state index contributed by atoms with van der Waals surface area (Å²) in [6.45, 7) is 1.93. The van der Waals surface area contributed by atoms with Gasteiger partial charge in [0, 0.05) is 11.2 Å². The molecule has 1 heterocycles. The number of halogens is 1. The topological polar surface area (TPSA) is 46.9 Å². The Balaban J connectivity index is 1.71. The number of aromatic nitrogens is 2. The molecule has 4 nitrogen and oxygen atoms in total. The van der Waals surface area contributed by atoms with E-state index in [2.05, 4.69) is 10.4 Å². The van der Waals surface area contributed by atoms with Crippen LogP contribution in [0.25, 0.3) is 5.69 Å². The van der Waals surface area contributed by atoms with E-state index in [1.54, 1.807) is 17.1 Å². The van der Waals surface area contributed by atoms with Crippen LogP contribution in [-0.2, 0) is 0 Å². The van der Waals surface area contributed by atoms with Crippen LogP contribution in [-0.4, -0.2) is 15.7 Å². The van der Waals surface area contributed by atoms with E-state index >= 15 is 0 Å². The van der Waals surface area contributed by atoms with Crippen molar-refractivity contribution in [1.82, 2.24) is 15.1 Å². The van der Waals surface area contributed by atoms with Crippen LogP contribution in [0.15, 0.2) is 67.0 Å². The first-order valence-electron chi connectivity index (χ1n) is 7.30. The number of benzene rings is 2. The SMILES string of the molecule is C[C@H](NC(=O)c1cnn(-c2ccccc2)c1)c1ccc(Cl)cc1. The second-order valence-corrected chi connectivity index (χ2v) is 5.69.